The van der Waals surface area contributed by atoms with E-state index in [4.69, 9.17) is 9.47 Å². The molecule has 1 aromatic rings. The molecule has 0 saturated heterocycles. The molecule has 0 radical (unpaired) electrons. The van der Waals surface area contributed by atoms with Crippen LogP contribution in [0, 0.1) is 41.9 Å². The number of carbonyl (C=O) groups is 2. The number of thioether (sulfide) groups is 2. The standard InChI is InChI=1S/C28H35NO5S2/c1-15(2)33-27(32)21(14-29)28-35-24-22(30)13-17(4)23(25(24)36-28)34-26(31)20-11-9-19(10-12-20)18-7-5-16(3)6-8-18/h13,15-16,18-20,30H,5-12H2,1-4H3/b28-21-. The fourth-order valence-electron chi connectivity index (χ4n) is 5.58. The molecule has 4 rings (SSSR count). The highest BCUT2D eigenvalue weighted by Gasteiger charge is 2.36. The van der Waals surface area contributed by atoms with Crippen LogP contribution in [0.3, 0.4) is 0 Å². The molecule has 6 nitrogen and oxygen atoms in total. The van der Waals surface area contributed by atoms with E-state index in [1.165, 1.54) is 37.4 Å². The quantitative estimate of drug-likeness (QED) is 0.186. The van der Waals surface area contributed by atoms with Crippen molar-refractivity contribution in [1.82, 2.24) is 0 Å². The van der Waals surface area contributed by atoms with Crippen molar-refractivity contribution in [2.45, 2.75) is 95.0 Å². The van der Waals surface area contributed by atoms with Gasteiger partial charge in [0.25, 0.3) is 0 Å². The van der Waals surface area contributed by atoms with Gasteiger partial charge in [-0.15, -0.1) is 0 Å². The number of phenols is 1. The molecule has 0 bridgehead atoms. The number of nitrogens with zero attached hydrogens (tertiary/aromatic N) is 1. The first-order valence-electron chi connectivity index (χ1n) is 13.0. The Hall–Kier alpha value is -2.11. The predicted molar refractivity (Wildman–Crippen MR) is 141 cm³/mol. The summed E-state index contributed by atoms with van der Waals surface area (Å²) in [6.07, 6.45) is 8.78. The number of carbonyl (C=O) groups excluding carboxylic acids is 2. The zero-order chi connectivity index (χ0) is 26.0. The van der Waals surface area contributed by atoms with E-state index in [1.54, 1.807) is 26.8 Å². The SMILES string of the molecule is Cc1cc(O)c2c(c1OC(=O)C1CCC(C3CCC(C)CC3)CC1)S/C(=C(/C#N)C(=O)OC(C)C)S2. The number of rotatable bonds is 5. The third-order valence-electron chi connectivity index (χ3n) is 7.64. The Kier molecular flexibility index (Phi) is 8.62. The summed E-state index contributed by atoms with van der Waals surface area (Å²) in [5.41, 5.74) is 0.530. The molecule has 2 fully saturated rings. The fourth-order valence-corrected chi connectivity index (χ4v) is 8.17. The van der Waals surface area contributed by atoms with Crippen LogP contribution in [-0.2, 0) is 14.3 Å². The maximum absolute atomic E-state index is 13.2. The summed E-state index contributed by atoms with van der Waals surface area (Å²) in [5, 5.41) is 20.2. The third kappa shape index (κ3) is 5.89. The van der Waals surface area contributed by atoms with Gasteiger partial charge in [0.15, 0.2) is 5.57 Å². The molecule has 1 N–H and O–H groups in total. The minimum Gasteiger partial charge on any atom is -0.507 e. The molecule has 1 aromatic carbocycles. The molecule has 2 saturated carbocycles. The van der Waals surface area contributed by atoms with Gasteiger partial charge in [0, 0.05) is 0 Å². The van der Waals surface area contributed by atoms with Crippen molar-refractivity contribution in [2.24, 2.45) is 23.7 Å². The van der Waals surface area contributed by atoms with E-state index in [2.05, 4.69) is 6.92 Å². The zero-order valence-electron chi connectivity index (χ0n) is 21.5. The van der Waals surface area contributed by atoms with Crippen LogP contribution in [0.15, 0.2) is 25.7 Å². The number of benzene rings is 1. The lowest BCUT2D eigenvalue weighted by Crippen LogP contribution is -2.30. The van der Waals surface area contributed by atoms with Crippen LogP contribution in [0.25, 0.3) is 0 Å². The van der Waals surface area contributed by atoms with Gasteiger partial charge >= 0.3 is 11.9 Å². The summed E-state index contributed by atoms with van der Waals surface area (Å²) >= 11 is 2.30. The van der Waals surface area contributed by atoms with Crippen LogP contribution in [0.1, 0.15) is 77.7 Å². The first-order chi connectivity index (χ1) is 17.2. The minimum absolute atomic E-state index is 0.0339. The summed E-state index contributed by atoms with van der Waals surface area (Å²) in [4.78, 5) is 26.7. The van der Waals surface area contributed by atoms with Crippen LogP contribution >= 0.6 is 23.5 Å². The molecule has 0 unspecified atom stereocenters. The van der Waals surface area contributed by atoms with Crippen molar-refractivity contribution >= 4 is 35.5 Å². The van der Waals surface area contributed by atoms with Crippen LogP contribution in [0.4, 0.5) is 0 Å². The van der Waals surface area contributed by atoms with Crippen LogP contribution in [0.2, 0.25) is 0 Å². The Balaban J connectivity index is 1.46. The molecule has 0 atom stereocenters. The monoisotopic (exact) mass is 529 g/mol. The van der Waals surface area contributed by atoms with Gasteiger partial charge in [-0.1, -0.05) is 43.3 Å². The number of aryl methyl sites for hydroxylation is 1. The second-order valence-corrected chi connectivity index (χ2v) is 13.0. The summed E-state index contributed by atoms with van der Waals surface area (Å²) in [5.74, 6) is 1.74. The van der Waals surface area contributed by atoms with E-state index in [-0.39, 0.29) is 29.3 Å². The van der Waals surface area contributed by atoms with E-state index in [0.717, 1.165) is 55.2 Å². The smallest absolute Gasteiger partial charge is 0.350 e. The maximum atomic E-state index is 13.2. The van der Waals surface area contributed by atoms with Gasteiger partial charge in [-0.3, -0.25) is 4.79 Å². The van der Waals surface area contributed by atoms with Gasteiger partial charge in [0.05, 0.1) is 26.1 Å². The van der Waals surface area contributed by atoms with Gasteiger partial charge in [0.2, 0.25) is 0 Å². The van der Waals surface area contributed by atoms with Crippen molar-refractivity contribution < 1.29 is 24.2 Å². The topological polar surface area (TPSA) is 96.6 Å². The summed E-state index contributed by atoms with van der Waals surface area (Å²) in [6, 6.07) is 3.50. The molecular weight excluding hydrogens is 494 g/mol. The minimum atomic E-state index is -0.700. The Bertz CT molecular complexity index is 1090. The second-order valence-electron chi connectivity index (χ2n) is 10.7. The molecule has 1 aliphatic heterocycles. The molecule has 36 heavy (non-hydrogen) atoms. The average molecular weight is 530 g/mol. The lowest BCUT2D eigenvalue weighted by molar-refractivity contribution is -0.142. The molecule has 0 amide bonds. The van der Waals surface area contributed by atoms with Crippen molar-refractivity contribution in [2.75, 3.05) is 0 Å². The second kappa shape index (κ2) is 11.5. The first-order valence-corrected chi connectivity index (χ1v) is 14.6. The van der Waals surface area contributed by atoms with Crippen molar-refractivity contribution in [1.29, 1.82) is 5.26 Å². The Morgan fingerprint density at radius 1 is 1.03 bits per heavy atom. The Morgan fingerprint density at radius 2 is 1.61 bits per heavy atom. The molecule has 8 heteroatoms. The number of aromatic hydroxyl groups is 1. The molecule has 1 heterocycles. The van der Waals surface area contributed by atoms with Crippen molar-refractivity contribution in [3.63, 3.8) is 0 Å². The molecule has 194 valence electrons. The van der Waals surface area contributed by atoms with Gasteiger partial charge in [0.1, 0.15) is 17.6 Å². The largest absolute Gasteiger partial charge is 0.507 e. The molecule has 0 aromatic heterocycles. The molecule has 2 aliphatic carbocycles. The highest BCUT2D eigenvalue weighted by molar-refractivity contribution is 8.24. The van der Waals surface area contributed by atoms with Gasteiger partial charge in [-0.25, -0.2) is 4.79 Å². The summed E-state index contributed by atoms with van der Waals surface area (Å²) < 4.78 is 11.6. The van der Waals surface area contributed by atoms with E-state index in [0.29, 0.717) is 25.3 Å². The van der Waals surface area contributed by atoms with E-state index in [9.17, 15) is 20.0 Å². The van der Waals surface area contributed by atoms with Crippen molar-refractivity contribution in [3.05, 3.63) is 21.4 Å². The number of hydrogen-bond acceptors (Lipinski definition) is 8. The summed E-state index contributed by atoms with van der Waals surface area (Å²) in [7, 11) is 0. The Morgan fingerprint density at radius 3 is 2.19 bits per heavy atom. The lowest BCUT2D eigenvalue weighted by Gasteiger charge is -2.36. The molecular formula is C28H35NO5S2. The zero-order valence-corrected chi connectivity index (χ0v) is 23.1. The van der Waals surface area contributed by atoms with E-state index < -0.39 is 5.97 Å². The predicted octanol–water partition coefficient (Wildman–Crippen LogP) is 7.12. The van der Waals surface area contributed by atoms with Crippen molar-refractivity contribution in [3.8, 4) is 17.6 Å². The highest BCUT2D eigenvalue weighted by Crippen LogP contribution is 2.59. The number of ether oxygens (including phenoxy) is 2. The van der Waals surface area contributed by atoms with Gasteiger partial charge in [-0.05, 0) is 88.7 Å². The normalized spacial score (nSPS) is 27.2. The number of esters is 2. The van der Waals surface area contributed by atoms with Crippen LogP contribution < -0.4 is 4.74 Å². The van der Waals surface area contributed by atoms with Gasteiger partial charge in [-0.2, -0.15) is 5.26 Å². The third-order valence-corrected chi connectivity index (χ3v) is 10.3. The number of fused-ring (bicyclic) bond motifs is 1. The lowest BCUT2D eigenvalue weighted by atomic mass is 9.69. The maximum Gasteiger partial charge on any atom is 0.350 e. The highest BCUT2D eigenvalue weighted by atomic mass is 32.2. The Labute approximate surface area is 222 Å². The van der Waals surface area contributed by atoms with Crippen LogP contribution in [0.5, 0.6) is 11.5 Å². The summed E-state index contributed by atoms with van der Waals surface area (Å²) in [6.45, 7) is 7.57. The van der Waals surface area contributed by atoms with E-state index in [1.807, 2.05) is 6.07 Å². The van der Waals surface area contributed by atoms with Gasteiger partial charge < -0.3 is 14.6 Å². The number of nitriles is 1. The van der Waals surface area contributed by atoms with Crippen LogP contribution in [-0.4, -0.2) is 23.1 Å². The molecule has 0 spiro atoms. The fraction of sp³-hybridized carbons (Fsp3) is 0.607. The average Bonchev–Trinajstić information content (AvgIpc) is 3.28. The number of hydrogen-bond donors (Lipinski definition) is 1. The number of phenolic OH excluding ortho intramolecular Hbond substituents is 1. The molecule has 3 aliphatic rings. The van der Waals surface area contributed by atoms with E-state index >= 15 is 0 Å². The first kappa shape index (κ1) is 26.9.